The van der Waals surface area contributed by atoms with Crippen LogP contribution in [0.2, 0.25) is 0 Å². The van der Waals surface area contributed by atoms with Crippen LogP contribution in [0.5, 0.6) is 0 Å². The second kappa shape index (κ2) is 4.28. The third-order valence-electron chi connectivity index (χ3n) is 2.64. The molecule has 0 saturated heterocycles. The molecule has 2 N–H and O–H groups in total. The summed E-state index contributed by atoms with van der Waals surface area (Å²) in [6.07, 6.45) is 2.68. The van der Waals surface area contributed by atoms with Crippen LogP contribution in [0.25, 0.3) is 10.8 Å². The third kappa shape index (κ3) is 1.92. The zero-order valence-corrected chi connectivity index (χ0v) is 8.69. The molecule has 0 radical (unpaired) electrons. The average molecular weight is 197 g/mol. The summed E-state index contributed by atoms with van der Waals surface area (Å²) in [6, 6.07) is 14.6. The zero-order chi connectivity index (χ0) is 10.7. The molecule has 1 atom stereocenters. The summed E-state index contributed by atoms with van der Waals surface area (Å²) in [7, 11) is 0. The Kier molecular flexibility index (Phi) is 2.84. The number of rotatable bonds is 3. The fourth-order valence-electron chi connectivity index (χ4n) is 1.88. The second-order valence-corrected chi connectivity index (χ2v) is 3.70. The number of fused-ring (bicyclic) bond motifs is 1. The van der Waals surface area contributed by atoms with Crippen molar-refractivity contribution in [3.63, 3.8) is 0 Å². The molecule has 2 rings (SSSR count). The summed E-state index contributed by atoms with van der Waals surface area (Å²) >= 11 is 0. The van der Waals surface area contributed by atoms with E-state index in [2.05, 4.69) is 36.9 Å². The van der Waals surface area contributed by atoms with E-state index < -0.39 is 0 Å². The lowest BCUT2D eigenvalue weighted by molar-refractivity contribution is 0.748. The van der Waals surface area contributed by atoms with Crippen LogP contribution >= 0.6 is 0 Å². The van der Waals surface area contributed by atoms with Crippen molar-refractivity contribution in [3.8, 4) is 0 Å². The van der Waals surface area contributed by atoms with E-state index >= 15 is 0 Å². The van der Waals surface area contributed by atoms with Gasteiger partial charge in [0.15, 0.2) is 0 Å². The van der Waals surface area contributed by atoms with Crippen molar-refractivity contribution in [2.24, 2.45) is 5.73 Å². The Morgan fingerprint density at radius 3 is 2.67 bits per heavy atom. The average Bonchev–Trinajstić information content (AvgIpc) is 2.28. The van der Waals surface area contributed by atoms with Gasteiger partial charge in [-0.2, -0.15) is 0 Å². The molecular formula is C14H15N. The van der Waals surface area contributed by atoms with Gasteiger partial charge < -0.3 is 5.73 Å². The van der Waals surface area contributed by atoms with Crippen molar-refractivity contribution in [2.75, 3.05) is 0 Å². The Morgan fingerprint density at radius 2 is 1.87 bits per heavy atom. The van der Waals surface area contributed by atoms with Gasteiger partial charge in [0, 0.05) is 6.04 Å². The fourth-order valence-corrected chi connectivity index (χ4v) is 1.88. The third-order valence-corrected chi connectivity index (χ3v) is 2.64. The van der Waals surface area contributed by atoms with Crippen LogP contribution in [0.1, 0.15) is 18.0 Å². The monoisotopic (exact) mass is 197 g/mol. The molecule has 1 unspecified atom stereocenters. The van der Waals surface area contributed by atoms with Crippen LogP contribution in [-0.4, -0.2) is 0 Å². The normalized spacial score (nSPS) is 12.6. The predicted molar refractivity (Wildman–Crippen MR) is 65.7 cm³/mol. The highest BCUT2D eigenvalue weighted by molar-refractivity contribution is 5.86. The molecular weight excluding hydrogens is 182 g/mol. The van der Waals surface area contributed by atoms with E-state index in [0.29, 0.717) is 0 Å². The van der Waals surface area contributed by atoms with Gasteiger partial charge in [0.05, 0.1) is 0 Å². The smallest absolute Gasteiger partial charge is 0.0335 e. The van der Waals surface area contributed by atoms with E-state index in [1.165, 1.54) is 16.3 Å². The summed E-state index contributed by atoms with van der Waals surface area (Å²) in [5.41, 5.74) is 7.30. The van der Waals surface area contributed by atoms with Crippen molar-refractivity contribution < 1.29 is 0 Å². The molecule has 0 fully saturated rings. The maximum absolute atomic E-state index is 6.10. The Morgan fingerprint density at radius 1 is 1.13 bits per heavy atom. The van der Waals surface area contributed by atoms with Crippen LogP contribution in [-0.2, 0) is 0 Å². The second-order valence-electron chi connectivity index (χ2n) is 3.70. The highest BCUT2D eigenvalue weighted by Crippen LogP contribution is 2.24. The molecule has 2 aromatic rings. The van der Waals surface area contributed by atoms with Gasteiger partial charge in [0.1, 0.15) is 0 Å². The van der Waals surface area contributed by atoms with Crippen molar-refractivity contribution in [1.29, 1.82) is 0 Å². The first-order valence-corrected chi connectivity index (χ1v) is 5.17. The molecule has 0 amide bonds. The van der Waals surface area contributed by atoms with Gasteiger partial charge in [-0.3, -0.25) is 0 Å². The Hall–Kier alpha value is -1.60. The van der Waals surface area contributed by atoms with E-state index in [4.69, 9.17) is 5.73 Å². The zero-order valence-electron chi connectivity index (χ0n) is 8.69. The topological polar surface area (TPSA) is 26.0 Å². The highest BCUT2D eigenvalue weighted by Gasteiger charge is 2.07. The SMILES string of the molecule is C=CCC(N)c1cccc2ccccc12. The number of hydrogen-bond donors (Lipinski definition) is 1. The van der Waals surface area contributed by atoms with Crippen molar-refractivity contribution >= 4 is 10.8 Å². The molecule has 76 valence electrons. The van der Waals surface area contributed by atoms with Gasteiger partial charge in [-0.25, -0.2) is 0 Å². The lowest BCUT2D eigenvalue weighted by atomic mass is 9.97. The molecule has 0 aliphatic carbocycles. The molecule has 1 nitrogen and oxygen atoms in total. The fraction of sp³-hybridized carbons (Fsp3) is 0.143. The summed E-state index contributed by atoms with van der Waals surface area (Å²) in [4.78, 5) is 0. The van der Waals surface area contributed by atoms with E-state index in [-0.39, 0.29) is 6.04 Å². The predicted octanol–water partition coefficient (Wildman–Crippen LogP) is 3.42. The highest BCUT2D eigenvalue weighted by atomic mass is 14.6. The van der Waals surface area contributed by atoms with E-state index in [9.17, 15) is 0 Å². The standard InChI is InChI=1S/C14H15N/c1-2-6-14(15)13-10-5-8-11-7-3-4-9-12(11)13/h2-5,7-10,14H,1,6,15H2. The minimum Gasteiger partial charge on any atom is -0.324 e. The lowest BCUT2D eigenvalue weighted by Gasteiger charge is -2.12. The minimum atomic E-state index is 0.0496. The van der Waals surface area contributed by atoms with Crippen molar-refractivity contribution in [2.45, 2.75) is 12.5 Å². The summed E-state index contributed by atoms with van der Waals surface area (Å²) in [5, 5.41) is 2.49. The van der Waals surface area contributed by atoms with Crippen LogP contribution < -0.4 is 5.73 Å². The van der Waals surface area contributed by atoms with E-state index in [0.717, 1.165) is 6.42 Å². The van der Waals surface area contributed by atoms with Crippen LogP contribution in [0, 0.1) is 0 Å². The van der Waals surface area contributed by atoms with Gasteiger partial charge in [0.25, 0.3) is 0 Å². The quantitative estimate of drug-likeness (QED) is 0.750. The molecule has 0 aliphatic rings. The molecule has 0 aliphatic heterocycles. The molecule has 2 aromatic carbocycles. The maximum atomic E-state index is 6.10. The van der Waals surface area contributed by atoms with Gasteiger partial charge in [-0.15, -0.1) is 6.58 Å². The van der Waals surface area contributed by atoms with Gasteiger partial charge in [-0.1, -0.05) is 48.5 Å². The summed E-state index contributed by atoms with van der Waals surface area (Å²) < 4.78 is 0. The lowest BCUT2D eigenvalue weighted by Crippen LogP contribution is -2.09. The molecule has 0 spiro atoms. The summed E-state index contributed by atoms with van der Waals surface area (Å²) in [5.74, 6) is 0. The molecule has 0 bridgehead atoms. The number of benzene rings is 2. The molecule has 0 saturated carbocycles. The van der Waals surface area contributed by atoms with Crippen molar-refractivity contribution in [3.05, 3.63) is 60.7 Å². The van der Waals surface area contributed by atoms with E-state index in [1.807, 2.05) is 18.2 Å². The number of hydrogen-bond acceptors (Lipinski definition) is 1. The van der Waals surface area contributed by atoms with E-state index in [1.54, 1.807) is 0 Å². The Labute approximate surface area is 90.2 Å². The van der Waals surface area contributed by atoms with Crippen molar-refractivity contribution in [1.82, 2.24) is 0 Å². The largest absolute Gasteiger partial charge is 0.324 e. The number of nitrogens with two attached hydrogens (primary N) is 1. The van der Waals surface area contributed by atoms with Gasteiger partial charge in [0.2, 0.25) is 0 Å². The first-order valence-electron chi connectivity index (χ1n) is 5.17. The van der Waals surface area contributed by atoms with Crippen LogP contribution in [0.3, 0.4) is 0 Å². The summed E-state index contributed by atoms with van der Waals surface area (Å²) in [6.45, 7) is 3.73. The van der Waals surface area contributed by atoms with Gasteiger partial charge in [-0.05, 0) is 22.8 Å². The Bertz CT molecular complexity index is 468. The van der Waals surface area contributed by atoms with Gasteiger partial charge >= 0.3 is 0 Å². The minimum absolute atomic E-state index is 0.0496. The first-order chi connectivity index (χ1) is 7.33. The molecule has 0 heterocycles. The van der Waals surface area contributed by atoms with Crippen LogP contribution in [0.15, 0.2) is 55.1 Å². The molecule has 15 heavy (non-hydrogen) atoms. The molecule has 1 heteroatoms. The molecule has 0 aromatic heterocycles. The first kappa shape index (κ1) is 9.94. The van der Waals surface area contributed by atoms with Crippen LogP contribution in [0.4, 0.5) is 0 Å². The maximum Gasteiger partial charge on any atom is 0.0335 e. The Balaban J connectivity index is 2.55.